The second-order valence-corrected chi connectivity index (χ2v) is 13.2. The number of fused-ring (bicyclic) bond motifs is 1. The Hall–Kier alpha value is -4.67. The third-order valence-electron chi connectivity index (χ3n) is 10.3. The van der Waals surface area contributed by atoms with Crippen LogP contribution in [0.4, 0.5) is 5.82 Å². The van der Waals surface area contributed by atoms with Gasteiger partial charge in [-0.1, -0.05) is 30.3 Å². The van der Waals surface area contributed by atoms with Crippen LogP contribution >= 0.6 is 0 Å². The Morgan fingerprint density at radius 2 is 1.54 bits per heavy atom. The van der Waals surface area contributed by atoms with Crippen LogP contribution in [0.3, 0.4) is 0 Å². The standard InChI is InChI=1S/C38H44N6O4/c1-47-38(46)29-9-7-26(8-10-29)25-42-21-18-30(19-22-42)43-23-16-27(17-24-43)33-15-20-40-37-34(36(39)45)35(41-44(33)37)28-11-13-32(14-12-28)48-31-5-3-2-4-6-31/h2-14,27,30,33,40H,15-25H2,1H3,(H2,39,45)/t33-/m0/s1. The molecule has 250 valence electrons. The number of nitrogens with zero attached hydrogens (tertiary/aromatic N) is 4. The van der Waals surface area contributed by atoms with Crippen molar-refractivity contribution in [2.45, 2.75) is 50.7 Å². The SMILES string of the molecule is COC(=O)c1ccc(CN2CCC(N3CCC([C@@H]4CCNc5c(C(N)=O)c(-c6ccc(Oc7ccccc7)cc6)nn54)CC3)CC2)cc1. The van der Waals surface area contributed by atoms with E-state index in [1.54, 1.807) is 0 Å². The maximum atomic E-state index is 12.8. The summed E-state index contributed by atoms with van der Waals surface area (Å²) in [5.74, 6) is 1.95. The summed E-state index contributed by atoms with van der Waals surface area (Å²) in [5.41, 5.74) is 9.69. The van der Waals surface area contributed by atoms with Crippen LogP contribution in [0.2, 0.25) is 0 Å². The summed E-state index contributed by atoms with van der Waals surface area (Å²) in [5, 5.41) is 8.50. The Morgan fingerprint density at radius 1 is 0.854 bits per heavy atom. The molecule has 3 N–H and O–H groups in total. The molecule has 10 nitrogen and oxygen atoms in total. The van der Waals surface area contributed by atoms with Gasteiger partial charge in [-0.2, -0.15) is 5.10 Å². The number of likely N-dealkylation sites (tertiary alicyclic amines) is 2. The molecule has 0 aliphatic carbocycles. The van der Waals surface area contributed by atoms with Gasteiger partial charge in [0.1, 0.15) is 28.6 Å². The molecule has 0 bridgehead atoms. The van der Waals surface area contributed by atoms with Gasteiger partial charge in [0.25, 0.3) is 5.91 Å². The van der Waals surface area contributed by atoms with Crippen LogP contribution in [-0.4, -0.2) is 77.3 Å². The lowest BCUT2D eigenvalue weighted by Crippen LogP contribution is -2.48. The van der Waals surface area contributed by atoms with Crippen molar-refractivity contribution in [1.29, 1.82) is 0 Å². The van der Waals surface area contributed by atoms with Crippen molar-refractivity contribution in [2.75, 3.05) is 45.2 Å². The van der Waals surface area contributed by atoms with Crippen LogP contribution in [0.15, 0.2) is 78.9 Å². The molecule has 0 radical (unpaired) electrons. The van der Waals surface area contributed by atoms with Crippen molar-refractivity contribution in [2.24, 2.45) is 11.7 Å². The van der Waals surface area contributed by atoms with Crippen LogP contribution in [-0.2, 0) is 11.3 Å². The average molecular weight is 649 g/mol. The highest BCUT2D eigenvalue weighted by Gasteiger charge is 2.36. The van der Waals surface area contributed by atoms with E-state index in [1.165, 1.54) is 25.5 Å². The summed E-state index contributed by atoms with van der Waals surface area (Å²) in [6, 6.07) is 26.0. The number of rotatable bonds is 9. The Balaban J connectivity index is 0.966. The van der Waals surface area contributed by atoms with E-state index in [9.17, 15) is 9.59 Å². The number of nitrogens with one attached hydrogen (secondary N) is 1. The number of para-hydroxylation sites is 1. The molecule has 2 saturated heterocycles. The first kappa shape index (κ1) is 31.9. The van der Waals surface area contributed by atoms with Crippen LogP contribution in [0.1, 0.15) is 64.4 Å². The van der Waals surface area contributed by atoms with Crippen molar-refractivity contribution in [1.82, 2.24) is 19.6 Å². The van der Waals surface area contributed by atoms with Crippen LogP contribution in [0.25, 0.3) is 11.3 Å². The van der Waals surface area contributed by atoms with E-state index in [0.29, 0.717) is 28.8 Å². The van der Waals surface area contributed by atoms with Crippen LogP contribution in [0, 0.1) is 5.92 Å². The normalized spacial score (nSPS) is 19.3. The summed E-state index contributed by atoms with van der Waals surface area (Å²) >= 11 is 0. The highest BCUT2D eigenvalue weighted by atomic mass is 16.5. The maximum absolute atomic E-state index is 12.8. The number of hydrogen-bond donors (Lipinski definition) is 2. The van der Waals surface area contributed by atoms with Gasteiger partial charge in [0.05, 0.1) is 18.7 Å². The zero-order chi connectivity index (χ0) is 33.0. The third kappa shape index (κ3) is 6.81. The van der Waals surface area contributed by atoms with Crippen molar-refractivity contribution >= 4 is 17.7 Å². The fraction of sp³-hybridized carbons (Fsp3) is 0.395. The number of esters is 1. The molecule has 1 atom stereocenters. The van der Waals surface area contributed by atoms with Crippen LogP contribution in [0.5, 0.6) is 11.5 Å². The average Bonchev–Trinajstić information content (AvgIpc) is 3.53. The monoisotopic (exact) mass is 648 g/mol. The fourth-order valence-electron chi connectivity index (χ4n) is 7.72. The zero-order valence-corrected chi connectivity index (χ0v) is 27.5. The molecule has 1 aromatic heterocycles. The molecule has 4 heterocycles. The molecule has 7 rings (SSSR count). The fourth-order valence-corrected chi connectivity index (χ4v) is 7.72. The Labute approximate surface area is 281 Å². The number of benzene rings is 3. The lowest BCUT2D eigenvalue weighted by atomic mass is 9.85. The second kappa shape index (κ2) is 14.2. The Kier molecular flexibility index (Phi) is 9.45. The molecule has 10 heteroatoms. The number of piperidine rings is 2. The van der Waals surface area contributed by atoms with Gasteiger partial charge >= 0.3 is 5.97 Å². The molecule has 0 spiro atoms. The van der Waals surface area contributed by atoms with Gasteiger partial charge in [-0.25, -0.2) is 9.48 Å². The molecule has 2 fully saturated rings. The molecule has 0 unspecified atom stereocenters. The smallest absolute Gasteiger partial charge is 0.337 e. The highest BCUT2D eigenvalue weighted by molar-refractivity contribution is 6.03. The number of hydrogen-bond acceptors (Lipinski definition) is 8. The van der Waals surface area contributed by atoms with E-state index < -0.39 is 5.91 Å². The summed E-state index contributed by atoms with van der Waals surface area (Å²) in [6.45, 7) is 6.02. The predicted octanol–water partition coefficient (Wildman–Crippen LogP) is 5.96. The number of methoxy groups -OCH3 is 1. The molecule has 3 aliphatic heterocycles. The number of ether oxygens (including phenoxy) is 2. The lowest BCUT2D eigenvalue weighted by Gasteiger charge is -2.43. The van der Waals surface area contributed by atoms with E-state index in [2.05, 4.69) is 19.8 Å². The second-order valence-electron chi connectivity index (χ2n) is 13.2. The van der Waals surface area contributed by atoms with Gasteiger partial charge in [-0.3, -0.25) is 9.69 Å². The topological polar surface area (TPSA) is 115 Å². The number of carbonyl (C=O) groups is 2. The zero-order valence-electron chi connectivity index (χ0n) is 27.5. The summed E-state index contributed by atoms with van der Waals surface area (Å²) < 4.78 is 12.8. The molecular formula is C38H44N6O4. The molecule has 3 aliphatic rings. The van der Waals surface area contributed by atoms with Crippen molar-refractivity contribution in [3.8, 4) is 22.8 Å². The summed E-state index contributed by atoms with van der Waals surface area (Å²) in [4.78, 5) is 29.8. The van der Waals surface area contributed by atoms with Gasteiger partial charge in [0.15, 0.2) is 0 Å². The van der Waals surface area contributed by atoms with Gasteiger partial charge in [0.2, 0.25) is 0 Å². The van der Waals surface area contributed by atoms with Gasteiger partial charge < -0.3 is 25.4 Å². The predicted molar refractivity (Wildman–Crippen MR) is 185 cm³/mol. The highest BCUT2D eigenvalue weighted by Crippen LogP contribution is 2.40. The first-order valence-electron chi connectivity index (χ1n) is 17.1. The van der Waals surface area contributed by atoms with Crippen molar-refractivity contribution in [3.05, 3.63) is 95.6 Å². The van der Waals surface area contributed by atoms with Crippen molar-refractivity contribution < 1.29 is 19.1 Å². The quantitative estimate of drug-likeness (QED) is 0.214. The molecule has 3 aromatic carbocycles. The minimum absolute atomic E-state index is 0.225. The van der Waals surface area contributed by atoms with Gasteiger partial charge in [-0.05, 0) is 118 Å². The van der Waals surface area contributed by atoms with Crippen LogP contribution < -0.4 is 15.8 Å². The number of aromatic nitrogens is 2. The van der Waals surface area contributed by atoms with Crippen molar-refractivity contribution in [3.63, 3.8) is 0 Å². The maximum Gasteiger partial charge on any atom is 0.337 e. The third-order valence-corrected chi connectivity index (χ3v) is 10.3. The molecule has 48 heavy (non-hydrogen) atoms. The Bertz CT molecular complexity index is 1710. The first-order valence-corrected chi connectivity index (χ1v) is 17.1. The Morgan fingerprint density at radius 3 is 2.21 bits per heavy atom. The van der Waals surface area contributed by atoms with E-state index in [1.807, 2.05) is 78.9 Å². The minimum atomic E-state index is -0.469. The lowest BCUT2D eigenvalue weighted by molar-refractivity contribution is 0.0599. The molecule has 4 aromatic rings. The van der Waals surface area contributed by atoms with Gasteiger partial charge in [-0.15, -0.1) is 0 Å². The van der Waals surface area contributed by atoms with E-state index >= 15 is 0 Å². The van der Waals surface area contributed by atoms with E-state index in [0.717, 1.165) is 81.4 Å². The minimum Gasteiger partial charge on any atom is -0.465 e. The number of carbonyl (C=O) groups excluding carboxylic acids is 2. The number of amides is 1. The molecular weight excluding hydrogens is 604 g/mol. The largest absolute Gasteiger partial charge is 0.465 e. The van der Waals surface area contributed by atoms with Gasteiger partial charge in [0, 0.05) is 24.7 Å². The number of primary amides is 1. The molecule has 0 saturated carbocycles. The summed E-state index contributed by atoms with van der Waals surface area (Å²) in [6.07, 6.45) is 5.54. The molecule has 1 amide bonds. The number of anilines is 1. The van der Waals surface area contributed by atoms with E-state index in [-0.39, 0.29) is 12.0 Å². The van der Waals surface area contributed by atoms with E-state index in [4.69, 9.17) is 20.3 Å². The summed E-state index contributed by atoms with van der Waals surface area (Å²) in [7, 11) is 1.41. The number of nitrogens with two attached hydrogens (primary N) is 1. The first-order chi connectivity index (χ1) is 23.5.